The quantitative estimate of drug-likeness (QED) is 0.130. The average Bonchev–Trinajstić information content (AvgIpc) is 3.99. The second-order valence-electron chi connectivity index (χ2n) is 24.4. The molecular formula is C66H59F3N4OPt-2. The molecule has 0 unspecified atom stereocenters. The smallest absolute Gasteiger partial charge is 0.416 e. The van der Waals surface area contributed by atoms with Gasteiger partial charge in [0.25, 0.3) is 6.33 Å². The van der Waals surface area contributed by atoms with Crippen LogP contribution in [0.1, 0.15) is 133 Å². The summed E-state index contributed by atoms with van der Waals surface area (Å²) >= 11 is 0. The molecule has 0 radical (unpaired) electrons. The van der Waals surface area contributed by atoms with Crippen LogP contribution in [0.4, 0.5) is 13.2 Å². The van der Waals surface area contributed by atoms with Crippen molar-refractivity contribution >= 4 is 32.8 Å². The van der Waals surface area contributed by atoms with Crippen molar-refractivity contribution in [1.29, 1.82) is 0 Å². The van der Waals surface area contributed by atoms with Crippen LogP contribution in [0.3, 0.4) is 0 Å². The second-order valence-corrected chi connectivity index (χ2v) is 24.4. The minimum atomic E-state index is -4.48. The van der Waals surface area contributed by atoms with Crippen LogP contribution in [-0.4, -0.2) is 14.1 Å². The summed E-state index contributed by atoms with van der Waals surface area (Å²) in [6.07, 6.45) is 0.979. The molecule has 5 nitrogen and oxygen atoms in total. The van der Waals surface area contributed by atoms with Gasteiger partial charge in [-0.1, -0.05) is 167 Å². The van der Waals surface area contributed by atoms with Gasteiger partial charge in [0, 0.05) is 49.7 Å². The SMILES string of the molecule is CC(C)(C)c1cc2c(c(C(C)(C)C)c1)C1(c3ccc(Oc4[c-]c5c(cc4)c4ccccc4n5-c4ccccn4)[c-]c3-n3[c-][n+](-c4ccc(C(F)(F)F)cc4)c4cccc1c43)c1c-2cc(C(C)(C)C)cc1C(C)(C)C.[Pt]. The van der Waals surface area contributed by atoms with Gasteiger partial charge >= 0.3 is 6.18 Å². The molecule has 0 saturated carbocycles. The molecule has 1 aliphatic carbocycles. The van der Waals surface area contributed by atoms with Gasteiger partial charge in [0.1, 0.15) is 5.82 Å². The predicted molar refractivity (Wildman–Crippen MR) is 291 cm³/mol. The zero-order valence-electron chi connectivity index (χ0n) is 44.4. The molecule has 7 aromatic carbocycles. The Hall–Kier alpha value is -6.76. The molecule has 3 aromatic heterocycles. The molecule has 0 N–H and O–H groups in total. The number of aromatic nitrogens is 4. The maximum atomic E-state index is 14.1. The van der Waals surface area contributed by atoms with Crippen LogP contribution in [-0.2, 0) is 54.3 Å². The Balaban J connectivity index is 0.00000602. The molecule has 10 aromatic rings. The number of hydrogen-bond donors (Lipinski definition) is 0. The van der Waals surface area contributed by atoms with E-state index in [9.17, 15) is 13.2 Å². The fourth-order valence-electron chi connectivity index (χ4n) is 11.8. The van der Waals surface area contributed by atoms with Gasteiger partial charge in [0.05, 0.1) is 22.3 Å². The van der Waals surface area contributed by atoms with Crippen molar-refractivity contribution in [2.75, 3.05) is 0 Å². The number of imidazole rings is 1. The Labute approximate surface area is 452 Å². The summed E-state index contributed by atoms with van der Waals surface area (Å²) in [4.78, 5) is 4.74. The van der Waals surface area contributed by atoms with E-state index >= 15 is 0 Å². The van der Waals surface area contributed by atoms with Gasteiger partial charge in [-0.15, -0.1) is 35.2 Å². The van der Waals surface area contributed by atoms with Crippen molar-refractivity contribution in [3.05, 3.63) is 208 Å². The summed E-state index contributed by atoms with van der Waals surface area (Å²) in [6.45, 7) is 27.7. The third kappa shape index (κ3) is 7.74. The van der Waals surface area contributed by atoms with Crippen molar-refractivity contribution in [2.45, 2.75) is 116 Å². The molecule has 75 heavy (non-hydrogen) atoms. The van der Waals surface area contributed by atoms with Crippen molar-refractivity contribution in [1.82, 2.24) is 14.1 Å². The normalized spacial score (nSPS) is 14.1. The van der Waals surface area contributed by atoms with E-state index in [1.807, 2.05) is 53.1 Å². The summed E-state index contributed by atoms with van der Waals surface area (Å²) in [6, 6.07) is 51.5. The molecule has 0 fully saturated rings. The van der Waals surface area contributed by atoms with E-state index in [4.69, 9.17) is 9.72 Å². The third-order valence-corrected chi connectivity index (χ3v) is 15.4. The van der Waals surface area contributed by atoms with Crippen LogP contribution < -0.4 is 9.30 Å². The van der Waals surface area contributed by atoms with Crippen LogP contribution in [0.25, 0.3) is 61.2 Å². The first-order chi connectivity index (χ1) is 34.8. The van der Waals surface area contributed by atoms with Gasteiger partial charge in [0.15, 0.2) is 0 Å². The standard InChI is InChI=1S/C66H59F3N4O.Pt/c1-61(2,3)40-32-47-48-33-41(62(4,5)6)35-52(64(10,11)12)59(48)65(58(47)51(34-40)63(7,8)9)49-30-28-44(74-43-27-29-46-45-18-13-14-20-53(45)73(55(46)36-43)57-22-15-16-31-70-57)37-56(49)72-38-71(54-21-17-19-50(65)60(54)72)42-25-23-39(24-26-42)66(67,68)69;/h13-35H,1-12H3;/q-2;. The van der Waals surface area contributed by atoms with Crippen LogP contribution in [0.2, 0.25) is 0 Å². The topological polar surface area (TPSA) is 35.9 Å². The Morgan fingerprint density at radius 3 is 1.75 bits per heavy atom. The maximum absolute atomic E-state index is 14.1. The Morgan fingerprint density at radius 2 is 1.16 bits per heavy atom. The monoisotopic (exact) mass is 1180 g/mol. The summed E-state index contributed by atoms with van der Waals surface area (Å²) in [5.74, 6) is 1.75. The molecule has 1 aliphatic heterocycles. The molecule has 0 atom stereocenters. The first-order valence-electron chi connectivity index (χ1n) is 25.5. The number of para-hydroxylation sites is 2. The average molecular weight is 1180 g/mol. The summed E-state index contributed by atoms with van der Waals surface area (Å²) in [5, 5.41) is 2.11. The number of nitrogens with zero attached hydrogens (tertiary/aromatic N) is 4. The minimum Gasteiger partial charge on any atom is -0.510 e. The number of rotatable bonds is 4. The summed E-state index contributed by atoms with van der Waals surface area (Å²) in [5.41, 5.74) is 14.3. The second kappa shape index (κ2) is 16.9. The van der Waals surface area contributed by atoms with Crippen molar-refractivity contribution in [3.8, 4) is 39.8 Å². The van der Waals surface area contributed by atoms with Gasteiger partial charge in [-0.3, -0.25) is 4.57 Å². The zero-order chi connectivity index (χ0) is 52.2. The molecular weight excluding hydrogens is 1120 g/mol. The van der Waals surface area contributed by atoms with E-state index in [-0.39, 0.29) is 42.7 Å². The fraction of sp³-hybridized carbons (Fsp3) is 0.273. The maximum Gasteiger partial charge on any atom is 0.416 e. The summed E-state index contributed by atoms with van der Waals surface area (Å²) < 4.78 is 55.2. The molecule has 0 saturated heterocycles. The van der Waals surface area contributed by atoms with E-state index in [1.54, 1.807) is 6.20 Å². The molecule has 2 aliphatic rings. The largest absolute Gasteiger partial charge is 0.510 e. The summed E-state index contributed by atoms with van der Waals surface area (Å²) in [7, 11) is 0. The van der Waals surface area contributed by atoms with Crippen LogP contribution in [0, 0.1) is 18.5 Å². The van der Waals surface area contributed by atoms with E-state index in [1.165, 1.54) is 56.6 Å². The van der Waals surface area contributed by atoms with Gasteiger partial charge in [-0.05, 0) is 113 Å². The molecule has 1 spiro atoms. The van der Waals surface area contributed by atoms with Crippen molar-refractivity contribution in [2.24, 2.45) is 0 Å². The number of ether oxygens (including phenoxy) is 1. The number of alkyl halides is 3. The minimum absolute atomic E-state index is 0. The van der Waals surface area contributed by atoms with E-state index < -0.39 is 17.2 Å². The molecule has 12 rings (SSSR count). The van der Waals surface area contributed by atoms with E-state index in [0.29, 0.717) is 17.2 Å². The van der Waals surface area contributed by atoms with Crippen molar-refractivity contribution < 1.29 is 43.5 Å². The molecule has 0 amide bonds. The van der Waals surface area contributed by atoms with E-state index in [2.05, 4.69) is 171 Å². The first kappa shape index (κ1) is 50.4. The third-order valence-electron chi connectivity index (χ3n) is 15.4. The fourth-order valence-corrected chi connectivity index (χ4v) is 11.8. The molecule has 4 heterocycles. The van der Waals surface area contributed by atoms with Crippen molar-refractivity contribution in [3.63, 3.8) is 0 Å². The van der Waals surface area contributed by atoms with Crippen LogP contribution in [0.5, 0.6) is 11.5 Å². The number of hydrogen-bond acceptors (Lipinski definition) is 2. The van der Waals surface area contributed by atoms with Gasteiger partial charge < -0.3 is 13.9 Å². The van der Waals surface area contributed by atoms with Gasteiger partial charge in [-0.2, -0.15) is 25.3 Å². The first-order valence-corrected chi connectivity index (χ1v) is 25.5. The molecule has 382 valence electrons. The Kier molecular flexibility index (Phi) is 11.3. The number of fused-ring (bicyclic) bond motifs is 12. The number of halogens is 3. The van der Waals surface area contributed by atoms with Crippen LogP contribution >= 0.6 is 0 Å². The predicted octanol–water partition coefficient (Wildman–Crippen LogP) is 16.5. The molecule has 0 bridgehead atoms. The number of benzene rings is 7. The van der Waals surface area contributed by atoms with Crippen LogP contribution in [0.15, 0.2) is 140 Å². The number of pyridine rings is 1. The van der Waals surface area contributed by atoms with E-state index in [0.717, 1.165) is 67.6 Å². The van der Waals surface area contributed by atoms with Gasteiger partial charge in [0.2, 0.25) is 0 Å². The zero-order valence-corrected chi connectivity index (χ0v) is 46.7. The molecule has 9 heteroatoms. The van der Waals surface area contributed by atoms with Gasteiger partial charge in [-0.25, -0.2) is 4.98 Å². The Morgan fingerprint density at radius 1 is 0.560 bits per heavy atom. The Bertz CT molecular complexity index is 3870.